The van der Waals surface area contributed by atoms with Crippen LogP contribution in [0.25, 0.3) is 0 Å². The summed E-state index contributed by atoms with van der Waals surface area (Å²) in [5, 5.41) is 2.49. The number of carbonyl (C=O) groups is 2. The summed E-state index contributed by atoms with van der Waals surface area (Å²) in [6.45, 7) is 1.33. The highest BCUT2D eigenvalue weighted by Crippen LogP contribution is 2.38. The highest BCUT2D eigenvalue weighted by Gasteiger charge is 2.34. The molecule has 0 saturated heterocycles. The Balaban J connectivity index is 1.60. The number of benzene rings is 2. The summed E-state index contributed by atoms with van der Waals surface area (Å²) >= 11 is 7.76. The average molecular weight is 501 g/mol. The molecular formula is C26H26ClFN2O3S. The molecule has 2 amide bonds. The molecule has 0 N–H and O–H groups in total. The smallest absolute Gasteiger partial charge is 0.254 e. The zero-order valence-electron chi connectivity index (χ0n) is 18.9. The number of ether oxygens (including phenoxy) is 1. The number of thiophene rings is 1. The van der Waals surface area contributed by atoms with E-state index in [2.05, 4.69) is 0 Å². The molecule has 0 radical (unpaired) electrons. The van der Waals surface area contributed by atoms with Crippen LogP contribution in [0.2, 0.25) is 5.02 Å². The monoisotopic (exact) mass is 500 g/mol. The summed E-state index contributed by atoms with van der Waals surface area (Å²) in [6.07, 6.45) is 1.36. The first kappa shape index (κ1) is 24.4. The number of amides is 2. The van der Waals surface area contributed by atoms with Gasteiger partial charge in [-0.1, -0.05) is 29.8 Å². The first-order chi connectivity index (χ1) is 16.5. The van der Waals surface area contributed by atoms with Crippen molar-refractivity contribution in [3.05, 3.63) is 92.4 Å². The Morgan fingerprint density at radius 1 is 1.21 bits per heavy atom. The number of halogens is 2. The minimum atomic E-state index is -0.320. The molecule has 0 aliphatic carbocycles. The summed E-state index contributed by atoms with van der Waals surface area (Å²) in [5.41, 5.74) is 2.34. The Bertz CT molecular complexity index is 1150. The molecule has 178 valence electrons. The lowest BCUT2D eigenvalue weighted by atomic mass is 9.93. The summed E-state index contributed by atoms with van der Waals surface area (Å²) in [4.78, 5) is 31.5. The predicted octanol–water partition coefficient (Wildman–Crippen LogP) is 5.19. The van der Waals surface area contributed by atoms with E-state index in [1.807, 2.05) is 11.4 Å². The Morgan fingerprint density at radius 3 is 2.74 bits per heavy atom. The Labute approximate surface area is 207 Å². The van der Waals surface area contributed by atoms with Gasteiger partial charge in [0.2, 0.25) is 5.91 Å². The van der Waals surface area contributed by atoms with E-state index in [0.717, 1.165) is 17.5 Å². The minimum Gasteiger partial charge on any atom is -0.385 e. The molecule has 34 heavy (non-hydrogen) atoms. The second-order valence-electron chi connectivity index (χ2n) is 8.17. The van der Waals surface area contributed by atoms with E-state index in [-0.39, 0.29) is 30.2 Å². The van der Waals surface area contributed by atoms with Gasteiger partial charge in [0.15, 0.2) is 0 Å². The Hall–Kier alpha value is -2.74. The van der Waals surface area contributed by atoms with E-state index in [4.69, 9.17) is 16.3 Å². The van der Waals surface area contributed by atoms with Gasteiger partial charge >= 0.3 is 0 Å². The summed E-state index contributed by atoms with van der Waals surface area (Å²) in [6, 6.07) is 14.7. The summed E-state index contributed by atoms with van der Waals surface area (Å²) in [5.74, 6) is -0.725. The van der Waals surface area contributed by atoms with Crippen molar-refractivity contribution in [1.29, 1.82) is 0 Å². The number of rotatable bonds is 8. The number of methoxy groups -OCH3 is 1. The second-order valence-corrected chi connectivity index (χ2v) is 9.61. The maximum absolute atomic E-state index is 13.6. The molecule has 1 unspecified atom stereocenters. The van der Waals surface area contributed by atoms with Crippen LogP contribution in [-0.4, -0.2) is 55.0 Å². The number of fused-ring (bicyclic) bond motifs is 1. The molecule has 2 heterocycles. The predicted molar refractivity (Wildman–Crippen MR) is 132 cm³/mol. The molecule has 5 nitrogen and oxygen atoms in total. The number of nitrogens with zero attached hydrogens (tertiary/aromatic N) is 2. The van der Waals surface area contributed by atoms with E-state index < -0.39 is 0 Å². The van der Waals surface area contributed by atoms with Crippen LogP contribution in [0, 0.1) is 5.82 Å². The van der Waals surface area contributed by atoms with Crippen molar-refractivity contribution < 1.29 is 18.7 Å². The quantitative estimate of drug-likeness (QED) is 0.400. The van der Waals surface area contributed by atoms with Crippen LogP contribution in [0.15, 0.2) is 60.0 Å². The van der Waals surface area contributed by atoms with Crippen molar-refractivity contribution in [1.82, 2.24) is 9.80 Å². The van der Waals surface area contributed by atoms with Crippen LogP contribution in [0.3, 0.4) is 0 Å². The van der Waals surface area contributed by atoms with Crippen molar-refractivity contribution in [3.8, 4) is 0 Å². The molecule has 0 spiro atoms. The van der Waals surface area contributed by atoms with Crippen LogP contribution < -0.4 is 0 Å². The first-order valence-electron chi connectivity index (χ1n) is 11.1. The van der Waals surface area contributed by atoms with E-state index in [0.29, 0.717) is 36.7 Å². The minimum absolute atomic E-state index is 0.0633. The molecule has 1 atom stereocenters. The number of carbonyl (C=O) groups excluding carboxylic acids is 2. The number of hydrogen-bond donors (Lipinski definition) is 0. The van der Waals surface area contributed by atoms with Crippen molar-refractivity contribution in [2.45, 2.75) is 18.9 Å². The lowest BCUT2D eigenvalue weighted by molar-refractivity contribution is -0.134. The summed E-state index contributed by atoms with van der Waals surface area (Å²) < 4.78 is 18.8. The largest absolute Gasteiger partial charge is 0.385 e. The fraction of sp³-hybridized carbons (Fsp3) is 0.308. The molecule has 4 rings (SSSR count). The van der Waals surface area contributed by atoms with Crippen molar-refractivity contribution in [3.63, 3.8) is 0 Å². The molecule has 1 aliphatic rings. The normalized spacial score (nSPS) is 15.1. The van der Waals surface area contributed by atoms with Crippen LogP contribution in [0.4, 0.5) is 4.39 Å². The van der Waals surface area contributed by atoms with Gasteiger partial charge in [-0.25, -0.2) is 4.39 Å². The third kappa shape index (κ3) is 5.49. The SMILES string of the molecule is COCCCN(CC(=O)N1CCc2sccc2C1c1ccc(F)cc1)C(=O)c1cccc(Cl)c1. The maximum atomic E-state index is 13.6. The molecule has 1 aliphatic heterocycles. The summed E-state index contributed by atoms with van der Waals surface area (Å²) in [7, 11) is 1.60. The zero-order chi connectivity index (χ0) is 24.1. The molecule has 0 saturated carbocycles. The maximum Gasteiger partial charge on any atom is 0.254 e. The van der Waals surface area contributed by atoms with Gasteiger partial charge in [0.05, 0.1) is 6.04 Å². The van der Waals surface area contributed by atoms with E-state index >= 15 is 0 Å². The van der Waals surface area contributed by atoms with Gasteiger partial charge in [-0.2, -0.15) is 0 Å². The van der Waals surface area contributed by atoms with Gasteiger partial charge < -0.3 is 14.5 Å². The van der Waals surface area contributed by atoms with E-state index in [1.54, 1.807) is 64.6 Å². The van der Waals surface area contributed by atoms with Crippen LogP contribution in [0.5, 0.6) is 0 Å². The van der Waals surface area contributed by atoms with Crippen LogP contribution in [0.1, 0.15) is 38.8 Å². The standard InChI is InChI=1S/C26H26ClFN2O3S/c1-33-14-3-12-29(26(32)19-4-2-5-20(27)16-19)17-24(31)30-13-10-23-22(11-15-34-23)25(30)18-6-8-21(28)9-7-18/h2,4-9,11,15-16,25H,3,10,12-14,17H2,1H3. The Morgan fingerprint density at radius 2 is 2.00 bits per heavy atom. The van der Waals surface area contributed by atoms with Gasteiger partial charge in [0, 0.05) is 42.3 Å². The van der Waals surface area contributed by atoms with Gasteiger partial charge in [0.25, 0.3) is 5.91 Å². The molecule has 8 heteroatoms. The number of hydrogen-bond acceptors (Lipinski definition) is 4. The molecule has 2 aromatic carbocycles. The van der Waals surface area contributed by atoms with E-state index in [1.165, 1.54) is 17.0 Å². The molecule has 3 aromatic rings. The van der Waals surface area contributed by atoms with Gasteiger partial charge in [-0.15, -0.1) is 11.3 Å². The van der Waals surface area contributed by atoms with Crippen LogP contribution >= 0.6 is 22.9 Å². The lowest BCUT2D eigenvalue weighted by Crippen LogP contribution is -2.47. The fourth-order valence-electron chi connectivity index (χ4n) is 4.30. The van der Waals surface area contributed by atoms with Crippen molar-refractivity contribution in [2.24, 2.45) is 0 Å². The van der Waals surface area contributed by atoms with Crippen LogP contribution in [-0.2, 0) is 16.0 Å². The highest BCUT2D eigenvalue weighted by atomic mass is 35.5. The average Bonchev–Trinajstić information content (AvgIpc) is 3.32. The third-order valence-electron chi connectivity index (χ3n) is 5.93. The van der Waals surface area contributed by atoms with E-state index in [9.17, 15) is 14.0 Å². The van der Waals surface area contributed by atoms with Crippen molar-refractivity contribution in [2.75, 3.05) is 33.4 Å². The van der Waals surface area contributed by atoms with Gasteiger partial charge in [-0.05, 0) is 65.7 Å². The Kier molecular flexibility index (Phi) is 7.98. The lowest BCUT2D eigenvalue weighted by Gasteiger charge is -2.37. The molecule has 0 fully saturated rings. The zero-order valence-corrected chi connectivity index (χ0v) is 20.4. The molecule has 0 bridgehead atoms. The second kappa shape index (κ2) is 11.1. The van der Waals surface area contributed by atoms with Crippen molar-refractivity contribution >= 4 is 34.8 Å². The third-order valence-corrected chi connectivity index (χ3v) is 7.16. The fourth-order valence-corrected chi connectivity index (χ4v) is 5.39. The topological polar surface area (TPSA) is 49.9 Å². The molecule has 1 aromatic heterocycles. The molecular weight excluding hydrogens is 475 g/mol. The van der Waals surface area contributed by atoms with Gasteiger partial charge in [0.1, 0.15) is 12.4 Å². The first-order valence-corrected chi connectivity index (χ1v) is 12.4. The highest BCUT2D eigenvalue weighted by molar-refractivity contribution is 7.10. The van der Waals surface area contributed by atoms with Gasteiger partial charge in [-0.3, -0.25) is 9.59 Å².